The summed E-state index contributed by atoms with van der Waals surface area (Å²) in [7, 11) is 0. The number of ketones is 1. The fraction of sp³-hybridized carbons (Fsp3) is 0.240. The van der Waals surface area contributed by atoms with Gasteiger partial charge in [0.2, 0.25) is 0 Å². The number of thiophene rings is 1. The van der Waals surface area contributed by atoms with E-state index >= 15 is 0 Å². The molecule has 4 heterocycles. The average molecular weight is 461 g/mol. The number of benzene rings is 1. The van der Waals surface area contributed by atoms with Gasteiger partial charge in [-0.15, -0.1) is 11.3 Å². The number of aromatic nitrogens is 4. The molecular formula is C25H21ClN4OS. The van der Waals surface area contributed by atoms with Gasteiger partial charge >= 0.3 is 0 Å². The number of pyridine rings is 1. The van der Waals surface area contributed by atoms with E-state index in [1.807, 2.05) is 24.4 Å². The van der Waals surface area contributed by atoms with Crippen molar-refractivity contribution in [2.75, 3.05) is 0 Å². The standard InChI is InChI=1S/C25H21ClN4OS/c26-20-5-7-24-22(9-20)18(15-32-24)3-6-23(31)19-10-27-30(12-19)14-21-13-29-11-17(16-1-2-16)4-8-25(29)28-21/h4-5,7-13,15-16H,1-3,6,14H2. The lowest BCUT2D eigenvalue weighted by Crippen LogP contribution is -2.02. The molecule has 5 nitrogen and oxygen atoms in total. The first-order valence-electron chi connectivity index (χ1n) is 10.8. The van der Waals surface area contributed by atoms with E-state index in [4.69, 9.17) is 16.6 Å². The quantitative estimate of drug-likeness (QED) is 0.274. The number of halogens is 1. The summed E-state index contributed by atoms with van der Waals surface area (Å²) in [4.78, 5) is 17.5. The van der Waals surface area contributed by atoms with Crippen LogP contribution in [0.1, 0.15) is 52.4 Å². The Balaban J connectivity index is 1.13. The van der Waals surface area contributed by atoms with E-state index in [2.05, 4.69) is 39.4 Å². The summed E-state index contributed by atoms with van der Waals surface area (Å²) in [5.74, 6) is 0.815. The summed E-state index contributed by atoms with van der Waals surface area (Å²) >= 11 is 7.83. The number of imidazole rings is 1. The van der Waals surface area contributed by atoms with E-state index in [0.29, 0.717) is 30.9 Å². The lowest BCUT2D eigenvalue weighted by molar-refractivity contribution is 0.0983. The van der Waals surface area contributed by atoms with Crippen molar-refractivity contribution in [3.63, 3.8) is 0 Å². The molecular weight excluding hydrogens is 440 g/mol. The van der Waals surface area contributed by atoms with Crippen LogP contribution in [0.2, 0.25) is 5.02 Å². The van der Waals surface area contributed by atoms with Crippen LogP contribution in [0.3, 0.4) is 0 Å². The Labute approximate surface area is 194 Å². The van der Waals surface area contributed by atoms with Crippen LogP contribution in [0.5, 0.6) is 0 Å². The molecule has 0 spiro atoms. The molecule has 0 radical (unpaired) electrons. The third kappa shape index (κ3) is 3.85. The number of hydrogen-bond acceptors (Lipinski definition) is 4. The van der Waals surface area contributed by atoms with Crippen LogP contribution in [0.4, 0.5) is 0 Å². The summed E-state index contributed by atoms with van der Waals surface area (Å²) in [6.07, 6.45) is 11.4. The number of carbonyl (C=O) groups excluding carboxylic acids is 1. The van der Waals surface area contributed by atoms with Crippen LogP contribution in [0.15, 0.2) is 60.5 Å². The highest BCUT2D eigenvalue weighted by Gasteiger charge is 2.23. The van der Waals surface area contributed by atoms with Crippen molar-refractivity contribution in [1.29, 1.82) is 0 Å². The molecule has 0 unspecified atom stereocenters. The number of hydrogen-bond donors (Lipinski definition) is 0. The normalized spacial score (nSPS) is 13.9. The Bertz CT molecular complexity index is 1460. The summed E-state index contributed by atoms with van der Waals surface area (Å²) in [6.45, 7) is 0.543. The Morgan fingerprint density at radius 1 is 1.16 bits per heavy atom. The zero-order valence-corrected chi connectivity index (χ0v) is 18.9. The van der Waals surface area contributed by atoms with E-state index in [-0.39, 0.29) is 5.78 Å². The van der Waals surface area contributed by atoms with Crippen LogP contribution in [-0.4, -0.2) is 24.9 Å². The first-order chi connectivity index (χ1) is 15.6. The summed E-state index contributed by atoms with van der Waals surface area (Å²) in [5, 5.41) is 8.38. The molecule has 1 aliphatic rings. The highest BCUT2D eigenvalue weighted by Crippen LogP contribution is 2.39. The van der Waals surface area contributed by atoms with E-state index in [1.54, 1.807) is 22.2 Å². The second-order valence-electron chi connectivity index (χ2n) is 8.49. The van der Waals surface area contributed by atoms with Gasteiger partial charge < -0.3 is 4.40 Å². The van der Waals surface area contributed by atoms with E-state index < -0.39 is 0 Å². The Morgan fingerprint density at radius 3 is 2.94 bits per heavy atom. The Kier molecular flexibility index (Phi) is 4.85. The zero-order valence-electron chi connectivity index (χ0n) is 17.4. The molecule has 6 rings (SSSR count). The molecule has 7 heteroatoms. The molecule has 1 saturated carbocycles. The van der Waals surface area contributed by atoms with Gasteiger partial charge in [0.05, 0.1) is 24.0 Å². The molecule has 160 valence electrons. The van der Waals surface area contributed by atoms with Crippen molar-refractivity contribution in [2.24, 2.45) is 0 Å². The predicted molar refractivity (Wildman–Crippen MR) is 128 cm³/mol. The van der Waals surface area contributed by atoms with Crippen LogP contribution in [-0.2, 0) is 13.0 Å². The molecule has 0 bridgehead atoms. The fourth-order valence-electron chi connectivity index (χ4n) is 4.20. The fourth-order valence-corrected chi connectivity index (χ4v) is 5.35. The smallest absolute Gasteiger partial charge is 0.166 e. The molecule has 4 aromatic heterocycles. The van der Waals surface area contributed by atoms with Crippen LogP contribution < -0.4 is 0 Å². The SMILES string of the molecule is O=C(CCc1csc2ccc(Cl)cc12)c1cnn(Cc2cn3cc(C4CC4)ccc3n2)c1. The average Bonchev–Trinajstić information content (AvgIpc) is 3.21. The van der Waals surface area contributed by atoms with E-state index in [0.717, 1.165) is 21.7 Å². The highest BCUT2D eigenvalue weighted by atomic mass is 35.5. The maximum atomic E-state index is 12.8. The zero-order chi connectivity index (χ0) is 21.7. The van der Waals surface area contributed by atoms with Gasteiger partial charge in [-0.05, 0) is 71.3 Å². The number of rotatable bonds is 7. The van der Waals surface area contributed by atoms with E-state index in [9.17, 15) is 4.79 Å². The molecule has 1 aliphatic carbocycles. The van der Waals surface area contributed by atoms with Gasteiger partial charge in [0, 0.05) is 34.7 Å². The summed E-state index contributed by atoms with van der Waals surface area (Å²) < 4.78 is 5.08. The van der Waals surface area contributed by atoms with Crippen molar-refractivity contribution in [1.82, 2.24) is 19.2 Å². The molecule has 0 atom stereocenters. The predicted octanol–water partition coefficient (Wildman–Crippen LogP) is 6.14. The van der Waals surface area contributed by atoms with Gasteiger partial charge in [-0.3, -0.25) is 9.48 Å². The summed E-state index contributed by atoms with van der Waals surface area (Å²) in [5.41, 5.74) is 5.07. The van der Waals surface area contributed by atoms with Gasteiger partial charge in [0.15, 0.2) is 5.78 Å². The molecule has 0 amide bonds. The second-order valence-corrected chi connectivity index (χ2v) is 9.83. The highest BCUT2D eigenvalue weighted by molar-refractivity contribution is 7.17. The molecule has 5 aromatic rings. The Hall–Kier alpha value is -2.96. The van der Waals surface area contributed by atoms with Gasteiger partial charge in [-0.1, -0.05) is 17.7 Å². The number of fused-ring (bicyclic) bond motifs is 2. The maximum Gasteiger partial charge on any atom is 0.166 e. The number of nitrogens with zero attached hydrogens (tertiary/aromatic N) is 4. The maximum absolute atomic E-state index is 12.8. The van der Waals surface area contributed by atoms with Crippen LogP contribution in [0.25, 0.3) is 15.7 Å². The lowest BCUT2D eigenvalue weighted by Gasteiger charge is -2.00. The minimum absolute atomic E-state index is 0.0988. The lowest BCUT2D eigenvalue weighted by atomic mass is 10.0. The molecule has 0 aliphatic heterocycles. The molecule has 0 saturated heterocycles. The molecule has 1 fully saturated rings. The van der Waals surface area contributed by atoms with Crippen LogP contribution in [0, 0.1) is 0 Å². The third-order valence-electron chi connectivity index (χ3n) is 6.09. The van der Waals surface area contributed by atoms with Crippen molar-refractivity contribution >= 4 is 44.5 Å². The monoisotopic (exact) mass is 460 g/mol. The minimum atomic E-state index is 0.0988. The first kappa shape index (κ1) is 19.7. The van der Waals surface area contributed by atoms with Gasteiger partial charge in [0.25, 0.3) is 0 Å². The van der Waals surface area contributed by atoms with Crippen molar-refractivity contribution < 1.29 is 4.79 Å². The second kappa shape index (κ2) is 7.87. The number of Topliss-reactive ketones (excluding diaryl/α,β-unsaturated/α-hetero) is 1. The van der Waals surface area contributed by atoms with Gasteiger partial charge in [-0.2, -0.15) is 5.10 Å². The third-order valence-corrected chi connectivity index (χ3v) is 7.34. The van der Waals surface area contributed by atoms with Crippen molar-refractivity contribution in [3.05, 3.63) is 87.9 Å². The number of carbonyl (C=O) groups is 1. The van der Waals surface area contributed by atoms with E-state index in [1.165, 1.54) is 28.7 Å². The van der Waals surface area contributed by atoms with Crippen molar-refractivity contribution in [2.45, 2.75) is 38.1 Å². The van der Waals surface area contributed by atoms with Gasteiger partial charge in [-0.25, -0.2) is 4.98 Å². The summed E-state index contributed by atoms with van der Waals surface area (Å²) in [6, 6.07) is 10.2. The largest absolute Gasteiger partial charge is 0.306 e. The first-order valence-corrected chi connectivity index (χ1v) is 12.1. The topological polar surface area (TPSA) is 52.2 Å². The number of aryl methyl sites for hydroxylation is 1. The molecule has 1 aromatic carbocycles. The van der Waals surface area contributed by atoms with Crippen molar-refractivity contribution in [3.8, 4) is 0 Å². The molecule has 0 N–H and O–H groups in total. The van der Waals surface area contributed by atoms with Crippen LogP contribution >= 0.6 is 22.9 Å². The minimum Gasteiger partial charge on any atom is -0.306 e. The molecule has 32 heavy (non-hydrogen) atoms. The Morgan fingerprint density at radius 2 is 2.06 bits per heavy atom. The van der Waals surface area contributed by atoms with Gasteiger partial charge in [0.1, 0.15) is 5.65 Å².